The van der Waals surface area contributed by atoms with Crippen LogP contribution in [0.5, 0.6) is 0 Å². The fourth-order valence-corrected chi connectivity index (χ4v) is 5.68. The molecule has 1 saturated carbocycles. The Morgan fingerprint density at radius 1 is 1.28 bits per heavy atom. The molecular weight excluding hydrogens is 362 g/mol. The number of nitrogens with one attached hydrogen (secondary N) is 1. The predicted molar refractivity (Wildman–Crippen MR) is 114 cm³/mol. The van der Waals surface area contributed by atoms with Crippen LogP contribution in [0.15, 0.2) is 30.5 Å². The summed E-state index contributed by atoms with van der Waals surface area (Å²) >= 11 is 0. The molecule has 2 aromatic rings. The van der Waals surface area contributed by atoms with Gasteiger partial charge in [-0.25, -0.2) is 0 Å². The maximum Gasteiger partial charge on any atom is 0.230 e. The van der Waals surface area contributed by atoms with Gasteiger partial charge in [-0.15, -0.1) is 0 Å². The standard InChI is InChI=1S/C24H29N3O2/c1-24-12-18-13-25-21-4-2-3-19(22(18)21)20(24)11-17(15-27(24)14-16-5-6-16)23(28)26-7-9-29-10-8-26/h2-4,11,13,16-17,25H,5-10,12,14-15H2,1H3/t17-,24?/m1/s1. The quantitative estimate of drug-likeness (QED) is 0.875. The van der Waals surface area contributed by atoms with E-state index in [4.69, 9.17) is 4.74 Å². The van der Waals surface area contributed by atoms with Gasteiger partial charge >= 0.3 is 0 Å². The average Bonchev–Trinajstić information content (AvgIpc) is 3.48. The van der Waals surface area contributed by atoms with Crippen molar-refractivity contribution in [3.05, 3.63) is 41.6 Å². The molecule has 152 valence electrons. The number of amides is 1. The first kappa shape index (κ1) is 17.7. The van der Waals surface area contributed by atoms with E-state index in [0.717, 1.165) is 38.5 Å². The number of hydrogen-bond acceptors (Lipinski definition) is 3. The number of fused-ring (bicyclic) bond motifs is 2. The Labute approximate surface area is 171 Å². The first-order valence-electron chi connectivity index (χ1n) is 11.1. The molecule has 5 heteroatoms. The number of H-pyrrole nitrogens is 1. The van der Waals surface area contributed by atoms with Crippen molar-refractivity contribution in [2.45, 2.75) is 31.7 Å². The van der Waals surface area contributed by atoms with E-state index in [2.05, 4.69) is 47.3 Å². The van der Waals surface area contributed by atoms with Crippen molar-refractivity contribution in [3.63, 3.8) is 0 Å². The second-order valence-electron chi connectivity index (χ2n) is 9.47. The van der Waals surface area contributed by atoms with E-state index in [1.807, 2.05) is 4.90 Å². The lowest BCUT2D eigenvalue weighted by atomic mass is 9.70. The van der Waals surface area contributed by atoms with Gasteiger partial charge in [-0.1, -0.05) is 18.2 Å². The second kappa shape index (κ2) is 6.44. The first-order chi connectivity index (χ1) is 14.1. The van der Waals surface area contributed by atoms with Crippen molar-refractivity contribution in [2.75, 3.05) is 39.4 Å². The highest BCUT2D eigenvalue weighted by Gasteiger charge is 2.47. The molecule has 6 rings (SSSR count). The first-order valence-corrected chi connectivity index (χ1v) is 11.1. The van der Waals surface area contributed by atoms with Crippen LogP contribution in [0.2, 0.25) is 0 Å². The smallest absolute Gasteiger partial charge is 0.230 e. The molecule has 1 saturated heterocycles. The Kier molecular flexibility index (Phi) is 3.94. The largest absolute Gasteiger partial charge is 0.378 e. The van der Waals surface area contributed by atoms with Crippen LogP contribution in [-0.4, -0.2) is 65.6 Å². The number of aromatic nitrogens is 1. The highest BCUT2D eigenvalue weighted by atomic mass is 16.5. The van der Waals surface area contributed by atoms with Crippen molar-refractivity contribution in [1.82, 2.24) is 14.8 Å². The van der Waals surface area contributed by atoms with E-state index in [-0.39, 0.29) is 17.4 Å². The molecule has 29 heavy (non-hydrogen) atoms. The van der Waals surface area contributed by atoms with Gasteiger partial charge in [-0.3, -0.25) is 9.69 Å². The topological polar surface area (TPSA) is 48.6 Å². The lowest BCUT2D eigenvalue weighted by molar-refractivity contribution is -0.139. The third kappa shape index (κ3) is 2.78. The molecule has 4 aliphatic rings. The Bertz CT molecular complexity index is 999. The highest BCUT2D eigenvalue weighted by Crippen LogP contribution is 2.48. The summed E-state index contributed by atoms with van der Waals surface area (Å²) in [5.74, 6) is 1.01. The van der Waals surface area contributed by atoms with Gasteiger partial charge in [0.1, 0.15) is 0 Å². The zero-order valence-electron chi connectivity index (χ0n) is 17.1. The number of hydrogen-bond donors (Lipinski definition) is 1. The summed E-state index contributed by atoms with van der Waals surface area (Å²) in [5, 5.41) is 1.35. The van der Waals surface area contributed by atoms with Crippen LogP contribution in [0.4, 0.5) is 0 Å². The van der Waals surface area contributed by atoms with Crippen LogP contribution in [0.25, 0.3) is 16.5 Å². The summed E-state index contributed by atoms with van der Waals surface area (Å²) in [6, 6.07) is 6.55. The Balaban J connectivity index is 1.45. The van der Waals surface area contributed by atoms with E-state index < -0.39 is 0 Å². The van der Waals surface area contributed by atoms with Crippen molar-refractivity contribution in [2.24, 2.45) is 11.8 Å². The zero-order valence-corrected chi connectivity index (χ0v) is 17.1. The summed E-state index contributed by atoms with van der Waals surface area (Å²) in [6.45, 7) is 7.09. The molecule has 1 aromatic carbocycles. The number of carbonyl (C=O) groups is 1. The Morgan fingerprint density at radius 3 is 2.90 bits per heavy atom. The van der Waals surface area contributed by atoms with Gasteiger partial charge in [0.15, 0.2) is 0 Å². The van der Waals surface area contributed by atoms with Crippen molar-refractivity contribution < 1.29 is 9.53 Å². The zero-order chi connectivity index (χ0) is 19.6. The van der Waals surface area contributed by atoms with Crippen LogP contribution in [0, 0.1) is 11.8 Å². The van der Waals surface area contributed by atoms with Gasteiger partial charge < -0.3 is 14.6 Å². The molecular formula is C24H29N3O2. The van der Waals surface area contributed by atoms with Crippen LogP contribution in [0.1, 0.15) is 30.9 Å². The van der Waals surface area contributed by atoms with Crippen LogP contribution in [0.3, 0.4) is 0 Å². The lowest BCUT2D eigenvalue weighted by Crippen LogP contribution is -2.57. The lowest BCUT2D eigenvalue weighted by Gasteiger charge is -2.50. The van der Waals surface area contributed by atoms with Crippen LogP contribution < -0.4 is 0 Å². The molecule has 3 heterocycles. The minimum Gasteiger partial charge on any atom is -0.378 e. The van der Waals surface area contributed by atoms with Gasteiger partial charge in [0.25, 0.3) is 0 Å². The normalized spacial score (nSPS) is 29.6. The molecule has 0 radical (unpaired) electrons. The SMILES string of the molecule is CC12Cc3c[nH]c4cccc(c34)C1=C[C@@H](C(=O)N1CCOCC1)CN2CC1CC1. The molecule has 1 amide bonds. The molecule has 1 N–H and O–H groups in total. The molecule has 2 aliphatic heterocycles. The number of benzene rings is 1. The monoisotopic (exact) mass is 391 g/mol. The number of aromatic amines is 1. The number of morpholine rings is 1. The van der Waals surface area contributed by atoms with E-state index in [9.17, 15) is 4.79 Å². The van der Waals surface area contributed by atoms with Crippen LogP contribution >= 0.6 is 0 Å². The molecule has 5 nitrogen and oxygen atoms in total. The summed E-state index contributed by atoms with van der Waals surface area (Å²) in [7, 11) is 0. The highest BCUT2D eigenvalue weighted by molar-refractivity contribution is 6.00. The fraction of sp³-hybridized carbons (Fsp3) is 0.542. The van der Waals surface area contributed by atoms with E-state index in [0.29, 0.717) is 13.2 Å². The van der Waals surface area contributed by atoms with Crippen molar-refractivity contribution in [3.8, 4) is 0 Å². The number of rotatable bonds is 3. The minimum absolute atomic E-state index is 0.0339. The number of carbonyl (C=O) groups excluding carboxylic acids is 1. The van der Waals surface area contributed by atoms with Gasteiger partial charge in [-0.2, -0.15) is 0 Å². The fourth-order valence-electron chi connectivity index (χ4n) is 5.68. The van der Waals surface area contributed by atoms with Crippen molar-refractivity contribution in [1.29, 1.82) is 0 Å². The third-order valence-corrected chi connectivity index (χ3v) is 7.49. The molecule has 1 aromatic heterocycles. The molecule has 2 atom stereocenters. The predicted octanol–water partition coefficient (Wildman–Crippen LogP) is 3.07. The van der Waals surface area contributed by atoms with Gasteiger partial charge in [-0.05, 0) is 54.9 Å². The summed E-state index contributed by atoms with van der Waals surface area (Å²) in [6.07, 6.45) is 8.18. The van der Waals surface area contributed by atoms with E-state index in [1.165, 1.54) is 40.4 Å². The summed E-state index contributed by atoms with van der Waals surface area (Å²) in [5.41, 5.74) is 5.25. The maximum atomic E-state index is 13.4. The van der Waals surface area contributed by atoms with Crippen molar-refractivity contribution >= 4 is 22.4 Å². The molecule has 2 aliphatic carbocycles. The minimum atomic E-state index is -0.0642. The van der Waals surface area contributed by atoms with Crippen LogP contribution in [-0.2, 0) is 16.0 Å². The van der Waals surface area contributed by atoms with Gasteiger partial charge in [0, 0.05) is 48.8 Å². The number of nitrogens with zero attached hydrogens (tertiary/aromatic N) is 2. The number of ether oxygens (including phenoxy) is 1. The summed E-state index contributed by atoms with van der Waals surface area (Å²) in [4.78, 5) is 21.5. The third-order valence-electron chi connectivity index (χ3n) is 7.49. The van der Waals surface area contributed by atoms with E-state index in [1.54, 1.807) is 0 Å². The molecule has 1 unspecified atom stereocenters. The van der Waals surface area contributed by atoms with Gasteiger partial charge in [0.2, 0.25) is 5.91 Å². The summed E-state index contributed by atoms with van der Waals surface area (Å²) < 4.78 is 5.47. The Morgan fingerprint density at radius 2 is 2.10 bits per heavy atom. The average molecular weight is 392 g/mol. The Hall–Kier alpha value is -2.11. The van der Waals surface area contributed by atoms with Gasteiger partial charge in [0.05, 0.1) is 19.1 Å². The molecule has 0 spiro atoms. The molecule has 0 bridgehead atoms. The van der Waals surface area contributed by atoms with E-state index >= 15 is 0 Å². The maximum absolute atomic E-state index is 13.4. The second-order valence-corrected chi connectivity index (χ2v) is 9.47. The molecule has 2 fully saturated rings.